The van der Waals surface area contributed by atoms with Crippen LogP contribution in [0.1, 0.15) is 46.0 Å². The molecule has 0 unspecified atom stereocenters. The molecule has 0 radical (unpaired) electrons. The van der Waals surface area contributed by atoms with Crippen LogP contribution in [0.4, 0.5) is 0 Å². The Morgan fingerprint density at radius 3 is 2.52 bits per heavy atom. The van der Waals surface area contributed by atoms with E-state index in [1.54, 1.807) is 6.20 Å². The number of likely N-dealkylation sites (N-methyl/N-ethyl adjacent to an activating group) is 1. The third-order valence-corrected chi connectivity index (χ3v) is 4.02. The SMILES string of the molecule is CCN(CC)CCN/C=C(/C#N)C(=O)NC1CCCCC1. The molecule has 1 aliphatic carbocycles. The Balaban J connectivity index is 2.36. The fraction of sp³-hybridized carbons (Fsp3) is 0.750. The first kappa shape index (κ1) is 17.5. The van der Waals surface area contributed by atoms with Crippen molar-refractivity contribution in [3.63, 3.8) is 0 Å². The molecule has 1 rings (SSSR count). The van der Waals surface area contributed by atoms with Crippen LogP contribution in [0.5, 0.6) is 0 Å². The topological polar surface area (TPSA) is 68.2 Å². The molecule has 0 bridgehead atoms. The Bertz CT molecular complexity index is 376. The first-order valence-electron chi connectivity index (χ1n) is 8.08. The molecular formula is C16H28N4O. The van der Waals surface area contributed by atoms with Crippen molar-refractivity contribution in [2.75, 3.05) is 26.2 Å². The highest BCUT2D eigenvalue weighted by molar-refractivity contribution is 5.97. The fourth-order valence-corrected chi connectivity index (χ4v) is 2.60. The number of carbonyl (C=O) groups is 1. The van der Waals surface area contributed by atoms with E-state index >= 15 is 0 Å². The van der Waals surface area contributed by atoms with Gasteiger partial charge in [0.1, 0.15) is 11.6 Å². The van der Waals surface area contributed by atoms with Gasteiger partial charge in [0.25, 0.3) is 5.91 Å². The van der Waals surface area contributed by atoms with E-state index in [1.165, 1.54) is 19.3 Å². The molecule has 0 spiro atoms. The molecule has 21 heavy (non-hydrogen) atoms. The van der Waals surface area contributed by atoms with Crippen LogP contribution in [0.2, 0.25) is 0 Å². The van der Waals surface area contributed by atoms with Gasteiger partial charge in [-0.2, -0.15) is 5.26 Å². The summed E-state index contributed by atoms with van der Waals surface area (Å²) in [5.74, 6) is -0.250. The maximum absolute atomic E-state index is 12.0. The lowest BCUT2D eigenvalue weighted by Gasteiger charge is -2.22. The van der Waals surface area contributed by atoms with Gasteiger partial charge < -0.3 is 15.5 Å². The van der Waals surface area contributed by atoms with Gasteiger partial charge in [0.2, 0.25) is 0 Å². The van der Waals surface area contributed by atoms with Crippen molar-refractivity contribution in [2.45, 2.75) is 52.0 Å². The van der Waals surface area contributed by atoms with Crippen LogP contribution in [-0.4, -0.2) is 43.0 Å². The molecule has 5 heteroatoms. The maximum atomic E-state index is 12.0. The smallest absolute Gasteiger partial charge is 0.263 e. The zero-order valence-corrected chi connectivity index (χ0v) is 13.3. The molecule has 0 saturated heterocycles. The van der Waals surface area contributed by atoms with Crippen molar-refractivity contribution >= 4 is 5.91 Å². The van der Waals surface area contributed by atoms with Crippen LogP contribution < -0.4 is 10.6 Å². The monoisotopic (exact) mass is 292 g/mol. The average Bonchev–Trinajstić information content (AvgIpc) is 2.52. The van der Waals surface area contributed by atoms with E-state index in [9.17, 15) is 4.79 Å². The first-order valence-corrected chi connectivity index (χ1v) is 8.08. The average molecular weight is 292 g/mol. The molecule has 0 aromatic heterocycles. The van der Waals surface area contributed by atoms with E-state index in [4.69, 9.17) is 5.26 Å². The Labute approximate surface area is 128 Å². The number of nitriles is 1. The number of hydrogen-bond donors (Lipinski definition) is 2. The van der Waals surface area contributed by atoms with Gasteiger partial charge in [-0.15, -0.1) is 0 Å². The second kappa shape index (κ2) is 10.2. The van der Waals surface area contributed by atoms with Crippen LogP contribution in [0, 0.1) is 11.3 Å². The van der Waals surface area contributed by atoms with Gasteiger partial charge in [0.05, 0.1) is 0 Å². The lowest BCUT2D eigenvalue weighted by molar-refractivity contribution is -0.118. The van der Waals surface area contributed by atoms with Crippen LogP contribution in [0.25, 0.3) is 0 Å². The van der Waals surface area contributed by atoms with Crippen molar-refractivity contribution in [1.82, 2.24) is 15.5 Å². The van der Waals surface area contributed by atoms with E-state index in [1.807, 2.05) is 6.07 Å². The summed E-state index contributed by atoms with van der Waals surface area (Å²) < 4.78 is 0. The molecule has 1 aliphatic rings. The zero-order valence-electron chi connectivity index (χ0n) is 13.3. The number of rotatable bonds is 8. The van der Waals surface area contributed by atoms with Gasteiger partial charge >= 0.3 is 0 Å². The molecule has 0 heterocycles. The minimum absolute atomic E-state index is 0.167. The minimum atomic E-state index is -0.250. The lowest BCUT2D eigenvalue weighted by atomic mass is 9.95. The van der Waals surface area contributed by atoms with Gasteiger partial charge in [0.15, 0.2) is 0 Å². The number of nitrogens with zero attached hydrogens (tertiary/aromatic N) is 2. The molecule has 0 atom stereocenters. The lowest BCUT2D eigenvalue weighted by Crippen LogP contribution is -2.37. The highest BCUT2D eigenvalue weighted by atomic mass is 16.1. The second-order valence-electron chi connectivity index (χ2n) is 5.46. The van der Waals surface area contributed by atoms with Crippen LogP contribution >= 0.6 is 0 Å². The second-order valence-corrected chi connectivity index (χ2v) is 5.46. The summed E-state index contributed by atoms with van der Waals surface area (Å²) >= 11 is 0. The van der Waals surface area contributed by atoms with Crippen molar-refractivity contribution in [2.24, 2.45) is 0 Å². The van der Waals surface area contributed by atoms with Crippen LogP contribution in [0.3, 0.4) is 0 Å². The van der Waals surface area contributed by atoms with Crippen molar-refractivity contribution in [1.29, 1.82) is 5.26 Å². The Hall–Kier alpha value is -1.54. The molecule has 1 amide bonds. The molecule has 2 N–H and O–H groups in total. The molecule has 0 aliphatic heterocycles. The third-order valence-electron chi connectivity index (χ3n) is 4.02. The summed E-state index contributed by atoms with van der Waals surface area (Å²) in [6, 6.07) is 2.22. The molecule has 0 aromatic carbocycles. The van der Waals surface area contributed by atoms with E-state index in [0.717, 1.165) is 39.0 Å². The number of carbonyl (C=O) groups excluding carboxylic acids is 1. The van der Waals surface area contributed by atoms with Crippen molar-refractivity contribution in [3.05, 3.63) is 11.8 Å². The maximum Gasteiger partial charge on any atom is 0.263 e. The molecular weight excluding hydrogens is 264 g/mol. The van der Waals surface area contributed by atoms with Crippen molar-refractivity contribution < 1.29 is 4.79 Å². The summed E-state index contributed by atoms with van der Waals surface area (Å²) in [5.41, 5.74) is 0.167. The van der Waals surface area contributed by atoms with E-state index in [-0.39, 0.29) is 17.5 Å². The zero-order chi connectivity index (χ0) is 15.5. The first-order chi connectivity index (χ1) is 10.2. The Morgan fingerprint density at radius 2 is 1.95 bits per heavy atom. The van der Waals surface area contributed by atoms with E-state index < -0.39 is 0 Å². The normalized spacial score (nSPS) is 16.6. The van der Waals surface area contributed by atoms with Crippen LogP contribution in [0.15, 0.2) is 11.8 Å². The van der Waals surface area contributed by atoms with E-state index in [2.05, 4.69) is 29.4 Å². The highest BCUT2D eigenvalue weighted by Crippen LogP contribution is 2.17. The van der Waals surface area contributed by atoms with Gasteiger partial charge in [-0.3, -0.25) is 4.79 Å². The van der Waals surface area contributed by atoms with E-state index in [0.29, 0.717) is 0 Å². The van der Waals surface area contributed by atoms with Crippen LogP contribution in [-0.2, 0) is 4.79 Å². The van der Waals surface area contributed by atoms with Gasteiger partial charge in [-0.25, -0.2) is 0 Å². The largest absolute Gasteiger partial charge is 0.388 e. The molecule has 118 valence electrons. The predicted molar refractivity (Wildman–Crippen MR) is 84.5 cm³/mol. The Morgan fingerprint density at radius 1 is 1.29 bits per heavy atom. The summed E-state index contributed by atoms with van der Waals surface area (Å²) in [6.45, 7) is 7.91. The summed E-state index contributed by atoms with van der Waals surface area (Å²) in [5, 5.41) is 15.1. The fourth-order valence-electron chi connectivity index (χ4n) is 2.60. The minimum Gasteiger partial charge on any atom is -0.388 e. The number of hydrogen-bond acceptors (Lipinski definition) is 4. The standard InChI is InChI=1S/C16H28N4O/c1-3-20(4-2)11-10-18-13-14(12-17)16(21)19-15-8-6-5-7-9-15/h13,15,18H,3-11H2,1-2H3,(H,19,21)/b14-13-. The Kier molecular flexibility index (Phi) is 8.53. The number of amides is 1. The quantitative estimate of drug-likeness (QED) is 0.406. The molecule has 5 nitrogen and oxygen atoms in total. The molecule has 0 aromatic rings. The summed E-state index contributed by atoms with van der Waals surface area (Å²) in [6.07, 6.45) is 7.18. The third kappa shape index (κ3) is 6.63. The highest BCUT2D eigenvalue weighted by Gasteiger charge is 2.17. The van der Waals surface area contributed by atoms with Gasteiger partial charge in [-0.1, -0.05) is 33.1 Å². The summed E-state index contributed by atoms with van der Waals surface area (Å²) in [4.78, 5) is 14.3. The van der Waals surface area contributed by atoms with Gasteiger partial charge in [0, 0.05) is 25.3 Å². The number of nitrogens with one attached hydrogen (secondary N) is 2. The summed E-state index contributed by atoms with van der Waals surface area (Å²) in [7, 11) is 0. The molecule has 1 saturated carbocycles. The predicted octanol–water partition coefficient (Wildman–Crippen LogP) is 1.77. The van der Waals surface area contributed by atoms with Gasteiger partial charge in [-0.05, 0) is 25.9 Å². The molecule has 1 fully saturated rings. The van der Waals surface area contributed by atoms with Crippen molar-refractivity contribution in [3.8, 4) is 6.07 Å².